The number of hydrazine groups is 1. The molecule has 0 aliphatic carbocycles. The lowest BCUT2D eigenvalue weighted by molar-refractivity contribution is -0.138. The molecule has 1 atom stereocenters. The van der Waals surface area contributed by atoms with E-state index >= 15 is 0 Å². The van der Waals surface area contributed by atoms with E-state index in [1.807, 2.05) is 12.1 Å². The van der Waals surface area contributed by atoms with Crippen molar-refractivity contribution in [3.05, 3.63) is 57.6 Å². The Hall–Kier alpha value is -2.39. The minimum Gasteiger partial charge on any atom is -0.363 e. The number of alkyl halides is 3. The number of nitrogens with two attached hydrogens (primary N) is 1. The summed E-state index contributed by atoms with van der Waals surface area (Å²) < 4.78 is 40.4. The van der Waals surface area contributed by atoms with Gasteiger partial charge < -0.3 is 5.32 Å². The number of nitrogens with one attached hydrogen (secondary N) is 2. The molecular formula is C18H17BrF3N5. The fourth-order valence-corrected chi connectivity index (χ4v) is 3.35. The number of rotatable bonds is 4. The molecule has 0 bridgehead atoms. The van der Waals surface area contributed by atoms with Crippen molar-refractivity contribution in [1.29, 1.82) is 0 Å². The van der Waals surface area contributed by atoms with E-state index in [9.17, 15) is 13.2 Å². The smallest absolute Gasteiger partial charge is 0.363 e. The summed E-state index contributed by atoms with van der Waals surface area (Å²) in [5.74, 6) is 6.12. The normalized spacial score (nSPS) is 12.9. The van der Waals surface area contributed by atoms with Crippen LogP contribution in [0, 0.1) is 6.92 Å². The van der Waals surface area contributed by atoms with Crippen molar-refractivity contribution >= 4 is 38.6 Å². The van der Waals surface area contributed by atoms with E-state index in [-0.39, 0.29) is 11.5 Å². The van der Waals surface area contributed by atoms with Crippen LogP contribution in [-0.4, -0.2) is 9.97 Å². The molecule has 0 fully saturated rings. The minimum atomic E-state index is -4.40. The van der Waals surface area contributed by atoms with Gasteiger partial charge in [-0.05, 0) is 49.2 Å². The molecule has 0 amide bonds. The molecule has 0 unspecified atom stereocenters. The maximum Gasteiger partial charge on any atom is 0.416 e. The first-order valence-corrected chi connectivity index (χ1v) is 8.87. The van der Waals surface area contributed by atoms with Crippen LogP contribution in [0.25, 0.3) is 10.9 Å². The average molecular weight is 440 g/mol. The highest BCUT2D eigenvalue weighted by Crippen LogP contribution is 2.35. The van der Waals surface area contributed by atoms with E-state index in [2.05, 4.69) is 36.6 Å². The van der Waals surface area contributed by atoms with Gasteiger partial charge in [0, 0.05) is 9.86 Å². The summed E-state index contributed by atoms with van der Waals surface area (Å²) in [6, 6.07) is 9.21. The van der Waals surface area contributed by atoms with Crippen LogP contribution in [0.3, 0.4) is 0 Å². The van der Waals surface area contributed by atoms with Gasteiger partial charge in [-0.2, -0.15) is 18.2 Å². The van der Waals surface area contributed by atoms with Gasteiger partial charge in [0.05, 0.1) is 17.1 Å². The van der Waals surface area contributed by atoms with E-state index in [0.29, 0.717) is 16.9 Å². The van der Waals surface area contributed by atoms with Crippen LogP contribution in [0.5, 0.6) is 0 Å². The molecule has 4 N–H and O–H groups in total. The molecule has 142 valence electrons. The number of halogens is 4. The standard InChI is InChI=1S/C18H17BrF3N5/c1-9-12(4-3-5-14(9)18(20,21)22)10(2)24-16-13-8-11(19)6-7-15(13)25-17(26-16)27-23/h3-8,10H,23H2,1-2H3,(H2,24,25,26,27)/t10-/m1/s1. The Balaban J connectivity index is 2.04. The maximum absolute atomic E-state index is 13.2. The van der Waals surface area contributed by atoms with Crippen LogP contribution in [0.2, 0.25) is 0 Å². The molecular weight excluding hydrogens is 423 g/mol. The summed E-state index contributed by atoms with van der Waals surface area (Å²) in [6.07, 6.45) is -4.40. The van der Waals surface area contributed by atoms with Gasteiger partial charge in [-0.25, -0.2) is 10.8 Å². The highest BCUT2D eigenvalue weighted by molar-refractivity contribution is 9.10. The van der Waals surface area contributed by atoms with Crippen LogP contribution in [-0.2, 0) is 6.18 Å². The Kier molecular flexibility index (Phi) is 5.25. The molecule has 27 heavy (non-hydrogen) atoms. The van der Waals surface area contributed by atoms with Crippen LogP contribution in [0.1, 0.15) is 29.7 Å². The summed E-state index contributed by atoms with van der Waals surface area (Å²) in [7, 11) is 0. The molecule has 2 aromatic carbocycles. The lowest BCUT2D eigenvalue weighted by Gasteiger charge is -2.21. The summed E-state index contributed by atoms with van der Waals surface area (Å²) in [5.41, 5.74) is 3.13. The van der Waals surface area contributed by atoms with Gasteiger partial charge >= 0.3 is 6.18 Å². The number of anilines is 2. The first-order valence-electron chi connectivity index (χ1n) is 8.08. The van der Waals surface area contributed by atoms with Gasteiger partial charge in [-0.1, -0.05) is 28.1 Å². The topological polar surface area (TPSA) is 75.9 Å². The monoisotopic (exact) mass is 439 g/mol. The third-order valence-electron chi connectivity index (χ3n) is 4.29. The number of nitrogens with zero attached hydrogens (tertiary/aromatic N) is 2. The summed E-state index contributed by atoms with van der Waals surface area (Å²) >= 11 is 3.41. The Bertz CT molecular complexity index is 991. The van der Waals surface area contributed by atoms with Crippen LogP contribution in [0.4, 0.5) is 24.9 Å². The fourth-order valence-electron chi connectivity index (χ4n) is 2.99. The Labute approximate surface area is 162 Å². The Morgan fingerprint density at radius 1 is 1.15 bits per heavy atom. The van der Waals surface area contributed by atoms with E-state index in [1.54, 1.807) is 19.1 Å². The van der Waals surface area contributed by atoms with Crippen molar-refractivity contribution in [2.24, 2.45) is 5.84 Å². The third-order valence-corrected chi connectivity index (χ3v) is 4.78. The van der Waals surface area contributed by atoms with E-state index in [1.165, 1.54) is 13.0 Å². The summed E-state index contributed by atoms with van der Waals surface area (Å²) in [4.78, 5) is 8.61. The second-order valence-electron chi connectivity index (χ2n) is 6.09. The van der Waals surface area contributed by atoms with Gasteiger partial charge in [0.2, 0.25) is 5.95 Å². The molecule has 0 aliphatic rings. The van der Waals surface area contributed by atoms with Crippen LogP contribution in [0.15, 0.2) is 40.9 Å². The average Bonchev–Trinajstić information content (AvgIpc) is 2.61. The molecule has 3 rings (SSSR count). The Morgan fingerprint density at radius 2 is 1.89 bits per heavy atom. The highest BCUT2D eigenvalue weighted by Gasteiger charge is 2.33. The van der Waals surface area contributed by atoms with Crippen LogP contribution < -0.4 is 16.6 Å². The zero-order valence-electron chi connectivity index (χ0n) is 14.5. The zero-order valence-corrected chi connectivity index (χ0v) is 16.1. The molecule has 0 saturated carbocycles. The first kappa shape index (κ1) is 19.4. The van der Waals surface area contributed by atoms with E-state index in [4.69, 9.17) is 5.84 Å². The van der Waals surface area contributed by atoms with Crippen molar-refractivity contribution in [2.45, 2.75) is 26.1 Å². The summed E-state index contributed by atoms with van der Waals surface area (Å²) in [5, 5.41) is 3.91. The number of hydrogen-bond acceptors (Lipinski definition) is 5. The first-order chi connectivity index (χ1) is 12.7. The number of benzene rings is 2. The molecule has 0 saturated heterocycles. The lowest BCUT2D eigenvalue weighted by Crippen LogP contribution is -2.16. The second-order valence-corrected chi connectivity index (χ2v) is 7.00. The van der Waals surface area contributed by atoms with Crippen molar-refractivity contribution in [3.63, 3.8) is 0 Å². The second kappa shape index (κ2) is 7.32. The van der Waals surface area contributed by atoms with Gasteiger partial charge in [-0.3, -0.25) is 5.43 Å². The molecule has 1 heterocycles. The molecule has 3 aromatic rings. The largest absolute Gasteiger partial charge is 0.416 e. The van der Waals surface area contributed by atoms with Crippen molar-refractivity contribution in [1.82, 2.24) is 9.97 Å². The predicted octanol–water partition coefficient (Wildman–Crippen LogP) is 5.18. The molecule has 0 radical (unpaired) electrons. The van der Waals surface area contributed by atoms with Gasteiger partial charge in [0.25, 0.3) is 0 Å². The van der Waals surface area contributed by atoms with E-state index < -0.39 is 17.8 Å². The van der Waals surface area contributed by atoms with Crippen molar-refractivity contribution in [2.75, 3.05) is 10.7 Å². The number of hydrogen-bond donors (Lipinski definition) is 3. The number of aromatic nitrogens is 2. The van der Waals surface area contributed by atoms with Crippen LogP contribution >= 0.6 is 15.9 Å². The number of nitrogen functional groups attached to an aromatic ring is 1. The molecule has 5 nitrogen and oxygen atoms in total. The summed E-state index contributed by atoms with van der Waals surface area (Å²) in [6.45, 7) is 3.25. The fraction of sp³-hybridized carbons (Fsp3) is 0.222. The van der Waals surface area contributed by atoms with Crippen molar-refractivity contribution in [3.8, 4) is 0 Å². The third kappa shape index (κ3) is 3.98. The zero-order chi connectivity index (χ0) is 19.8. The maximum atomic E-state index is 13.2. The van der Waals surface area contributed by atoms with Gasteiger partial charge in [-0.15, -0.1) is 0 Å². The quantitative estimate of drug-likeness (QED) is 0.385. The molecule has 9 heteroatoms. The number of fused-ring (bicyclic) bond motifs is 1. The molecule has 0 aliphatic heterocycles. The SMILES string of the molecule is Cc1c([C@@H](C)Nc2nc(NN)nc3ccc(Br)cc23)cccc1C(F)(F)F. The highest BCUT2D eigenvalue weighted by atomic mass is 79.9. The van der Waals surface area contributed by atoms with Crippen molar-refractivity contribution < 1.29 is 13.2 Å². The predicted molar refractivity (Wildman–Crippen MR) is 103 cm³/mol. The van der Waals surface area contributed by atoms with Gasteiger partial charge in [0.15, 0.2) is 0 Å². The molecule has 0 spiro atoms. The lowest BCUT2D eigenvalue weighted by atomic mass is 9.97. The minimum absolute atomic E-state index is 0.182. The Morgan fingerprint density at radius 3 is 2.56 bits per heavy atom. The molecule has 1 aromatic heterocycles. The van der Waals surface area contributed by atoms with E-state index in [0.717, 1.165) is 15.9 Å². The van der Waals surface area contributed by atoms with Gasteiger partial charge in [0.1, 0.15) is 5.82 Å².